The van der Waals surface area contributed by atoms with E-state index in [2.05, 4.69) is 0 Å². The third-order valence-electron chi connectivity index (χ3n) is 3.54. The van der Waals surface area contributed by atoms with E-state index in [0.717, 1.165) is 13.0 Å². The summed E-state index contributed by atoms with van der Waals surface area (Å²) in [4.78, 5) is 0. The van der Waals surface area contributed by atoms with Crippen LogP contribution < -0.4 is 10.5 Å². The molecular weight excluding hydrogens is 205 g/mol. The molecule has 0 saturated heterocycles. The molecule has 0 aliphatic heterocycles. The van der Waals surface area contributed by atoms with Gasteiger partial charge in [-0.15, -0.1) is 0 Å². The van der Waals surface area contributed by atoms with Crippen LogP contribution in [0.5, 0.6) is 5.75 Å². The molecule has 1 aliphatic rings. The van der Waals surface area contributed by atoms with Crippen molar-refractivity contribution in [1.29, 1.82) is 0 Å². The number of halogens is 1. The lowest BCUT2D eigenvalue weighted by molar-refractivity contribution is 0.103. The molecule has 0 spiro atoms. The summed E-state index contributed by atoms with van der Waals surface area (Å²) in [5.41, 5.74) is 6.06. The zero-order chi connectivity index (χ0) is 11.4. The molecule has 1 saturated carbocycles. The number of hydrogen-bond donors (Lipinski definition) is 1. The summed E-state index contributed by atoms with van der Waals surface area (Å²) < 4.78 is 18.4. The molecule has 0 unspecified atom stereocenters. The molecule has 0 atom stereocenters. The van der Waals surface area contributed by atoms with Crippen LogP contribution in [-0.2, 0) is 0 Å². The van der Waals surface area contributed by atoms with Crippen molar-refractivity contribution in [3.63, 3.8) is 0 Å². The van der Waals surface area contributed by atoms with Gasteiger partial charge < -0.3 is 10.5 Å². The third-order valence-corrected chi connectivity index (χ3v) is 3.54. The molecule has 0 amide bonds. The third kappa shape index (κ3) is 2.53. The normalized spacial score (nSPS) is 17.9. The number of nitrogens with two attached hydrogens (primary N) is 1. The van der Waals surface area contributed by atoms with E-state index in [9.17, 15) is 4.39 Å². The van der Waals surface area contributed by atoms with Crippen molar-refractivity contribution in [3.8, 4) is 5.75 Å². The second-order valence-electron chi connectivity index (χ2n) is 4.61. The number of ether oxygens (including phenoxy) is 1. The Labute approximate surface area is 95.6 Å². The number of hydrogen-bond acceptors (Lipinski definition) is 2. The molecule has 16 heavy (non-hydrogen) atoms. The van der Waals surface area contributed by atoms with Crippen LogP contribution in [0.2, 0.25) is 0 Å². The Morgan fingerprint density at radius 1 is 1.38 bits per heavy atom. The summed E-state index contributed by atoms with van der Waals surface area (Å²) in [6, 6.07) is 6.27. The molecule has 2 nitrogen and oxygen atoms in total. The van der Waals surface area contributed by atoms with Crippen LogP contribution in [0.1, 0.15) is 25.7 Å². The fourth-order valence-electron chi connectivity index (χ4n) is 2.18. The first-order valence-electron chi connectivity index (χ1n) is 5.83. The monoisotopic (exact) mass is 223 g/mol. The van der Waals surface area contributed by atoms with Gasteiger partial charge in [0.15, 0.2) is 0 Å². The van der Waals surface area contributed by atoms with Crippen molar-refractivity contribution in [2.24, 2.45) is 11.1 Å². The Bertz CT molecular complexity index is 344. The molecule has 0 aromatic heterocycles. The van der Waals surface area contributed by atoms with Crippen LogP contribution in [0, 0.1) is 11.2 Å². The Balaban J connectivity index is 1.79. The van der Waals surface area contributed by atoms with E-state index in [-0.39, 0.29) is 5.82 Å². The van der Waals surface area contributed by atoms with Gasteiger partial charge in [0.25, 0.3) is 0 Å². The fourth-order valence-corrected chi connectivity index (χ4v) is 2.18. The van der Waals surface area contributed by atoms with Crippen molar-refractivity contribution in [1.82, 2.24) is 0 Å². The Morgan fingerprint density at radius 3 is 2.75 bits per heavy atom. The molecule has 1 aliphatic carbocycles. The molecular formula is C13H18FNO. The lowest BCUT2D eigenvalue weighted by Gasteiger charge is -2.40. The van der Waals surface area contributed by atoms with Gasteiger partial charge in [-0.25, -0.2) is 4.39 Å². The second kappa shape index (κ2) is 4.83. The second-order valence-corrected chi connectivity index (χ2v) is 4.61. The summed E-state index contributed by atoms with van der Waals surface area (Å²) in [7, 11) is 0. The van der Waals surface area contributed by atoms with Crippen LogP contribution in [0.15, 0.2) is 24.3 Å². The van der Waals surface area contributed by atoms with E-state index in [4.69, 9.17) is 10.5 Å². The highest BCUT2D eigenvalue weighted by atomic mass is 19.1. The van der Waals surface area contributed by atoms with Crippen molar-refractivity contribution < 1.29 is 9.13 Å². The average molecular weight is 223 g/mol. The topological polar surface area (TPSA) is 35.2 Å². The summed E-state index contributed by atoms with van der Waals surface area (Å²) >= 11 is 0. The summed E-state index contributed by atoms with van der Waals surface area (Å²) in [6.45, 7) is 1.36. The van der Waals surface area contributed by atoms with Gasteiger partial charge in [-0.05, 0) is 43.4 Å². The molecule has 0 heterocycles. The lowest BCUT2D eigenvalue weighted by Crippen LogP contribution is -2.38. The Kier molecular flexibility index (Phi) is 3.44. The maximum absolute atomic E-state index is 12.9. The van der Waals surface area contributed by atoms with Gasteiger partial charge in [0.05, 0.1) is 6.61 Å². The highest BCUT2D eigenvalue weighted by Gasteiger charge is 2.35. The van der Waals surface area contributed by atoms with E-state index in [1.54, 1.807) is 12.1 Å². The van der Waals surface area contributed by atoms with Gasteiger partial charge in [-0.2, -0.15) is 0 Å². The summed E-state index contributed by atoms with van der Waals surface area (Å²) in [5, 5.41) is 0. The van der Waals surface area contributed by atoms with E-state index in [1.807, 2.05) is 0 Å². The van der Waals surface area contributed by atoms with E-state index >= 15 is 0 Å². The Hall–Kier alpha value is -1.09. The van der Waals surface area contributed by atoms with E-state index in [0.29, 0.717) is 17.8 Å². The molecule has 2 rings (SSSR count). The minimum absolute atomic E-state index is 0.255. The molecule has 0 bridgehead atoms. The zero-order valence-electron chi connectivity index (χ0n) is 9.42. The Morgan fingerprint density at radius 2 is 2.19 bits per heavy atom. The van der Waals surface area contributed by atoms with Crippen LogP contribution in [0.4, 0.5) is 4.39 Å². The molecule has 1 aromatic carbocycles. The molecule has 3 heteroatoms. The maximum atomic E-state index is 12.9. The standard InChI is InChI=1S/C13H18FNO/c14-11-3-1-4-12(9-11)16-8-7-13(10-15)5-2-6-13/h1,3-4,9H,2,5-8,10,15H2. The predicted octanol–water partition coefficient (Wildman–Crippen LogP) is 2.72. The first-order chi connectivity index (χ1) is 7.74. The molecule has 1 aromatic rings. The maximum Gasteiger partial charge on any atom is 0.126 e. The zero-order valence-corrected chi connectivity index (χ0v) is 9.42. The van der Waals surface area contributed by atoms with Crippen molar-refractivity contribution in [2.75, 3.05) is 13.2 Å². The van der Waals surface area contributed by atoms with E-state index in [1.165, 1.54) is 31.4 Å². The SMILES string of the molecule is NCC1(CCOc2cccc(F)c2)CCC1. The van der Waals surface area contributed by atoms with Gasteiger partial charge in [0.2, 0.25) is 0 Å². The molecule has 1 fully saturated rings. The molecule has 0 radical (unpaired) electrons. The first-order valence-corrected chi connectivity index (χ1v) is 5.83. The van der Waals surface area contributed by atoms with Crippen LogP contribution in [0.3, 0.4) is 0 Å². The first kappa shape index (κ1) is 11.4. The average Bonchev–Trinajstić information content (AvgIpc) is 2.22. The van der Waals surface area contributed by atoms with Gasteiger partial charge in [-0.1, -0.05) is 12.5 Å². The minimum Gasteiger partial charge on any atom is -0.493 e. The van der Waals surface area contributed by atoms with Gasteiger partial charge >= 0.3 is 0 Å². The van der Waals surface area contributed by atoms with Crippen LogP contribution >= 0.6 is 0 Å². The minimum atomic E-state index is -0.255. The molecule has 2 N–H and O–H groups in total. The highest BCUT2D eigenvalue weighted by Crippen LogP contribution is 2.42. The quantitative estimate of drug-likeness (QED) is 0.833. The van der Waals surface area contributed by atoms with Crippen molar-refractivity contribution in [2.45, 2.75) is 25.7 Å². The molecule has 88 valence electrons. The predicted molar refractivity (Wildman–Crippen MR) is 61.9 cm³/mol. The lowest BCUT2D eigenvalue weighted by atomic mass is 9.67. The van der Waals surface area contributed by atoms with Crippen molar-refractivity contribution >= 4 is 0 Å². The van der Waals surface area contributed by atoms with E-state index < -0.39 is 0 Å². The fraction of sp³-hybridized carbons (Fsp3) is 0.538. The van der Waals surface area contributed by atoms with Crippen LogP contribution in [0.25, 0.3) is 0 Å². The smallest absolute Gasteiger partial charge is 0.126 e. The van der Waals surface area contributed by atoms with Gasteiger partial charge in [0, 0.05) is 6.07 Å². The summed E-state index contributed by atoms with van der Waals surface area (Å²) in [6.07, 6.45) is 4.66. The van der Waals surface area contributed by atoms with Gasteiger partial charge in [0.1, 0.15) is 11.6 Å². The highest BCUT2D eigenvalue weighted by molar-refractivity contribution is 5.22. The van der Waals surface area contributed by atoms with Crippen molar-refractivity contribution in [3.05, 3.63) is 30.1 Å². The largest absolute Gasteiger partial charge is 0.493 e. The number of rotatable bonds is 5. The van der Waals surface area contributed by atoms with Gasteiger partial charge in [-0.3, -0.25) is 0 Å². The number of benzene rings is 1. The van der Waals surface area contributed by atoms with Crippen LogP contribution in [-0.4, -0.2) is 13.2 Å². The summed E-state index contributed by atoms with van der Waals surface area (Å²) in [5.74, 6) is 0.348.